The van der Waals surface area contributed by atoms with Crippen molar-refractivity contribution in [2.24, 2.45) is 10.9 Å². The van der Waals surface area contributed by atoms with Crippen molar-refractivity contribution in [3.63, 3.8) is 0 Å². The van der Waals surface area contributed by atoms with Crippen LogP contribution >= 0.6 is 11.6 Å². The first-order chi connectivity index (χ1) is 10.6. The lowest BCUT2D eigenvalue weighted by Gasteiger charge is -2.21. The van der Waals surface area contributed by atoms with Crippen molar-refractivity contribution >= 4 is 28.9 Å². The second kappa shape index (κ2) is 7.06. The summed E-state index contributed by atoms with van der Waals surface area (Å²) in [5.74, 6) is -0.256. The highest BCUT2D eigenvalue weighted by atomic mass is 35.5. The highest BCUT2D eigenvalue weighted by molar-refractivity contribution is 6.31. The molecule has 0 aliphatic carbocycles. The molecule has 0 spiro atoms. The predicted octanol–water partition coefficient (Wildman–Crippen LogP) is 2.49. The molecule has 22 heavy (non-hydrogen) atoms. The van der Waals surface area contributed by atoms with E-state index >= 15 is 0 Å². The Morgan fingerprint density at radius 2 is 1.95 bits per heavy atom. The third-order valence-corrected chi connectivity index (χ3v) is 3.51. The standard InChI is InChI=1S/C16H16ClN3O2/c1-20(15(21)10-18)14-8-7-12(17)9-13(14)16(19-22)11-5-3-2-4-6-11/h2-9,22H,10,18H2,1H3. The number of carbonyl (C=O) groups excluding carboxylic acids is 1. The van der Waals surface area contributed by atoms with E-state index in [0.29, 0.717) is 27.5 Å². The van der Waals surface area contributed by atoms with Gasteiger partial charge in [0.2, 0.25) is 5.91 Å². The molecule has 3 N–H and O–H groups in total. The molecule has 2 aromatic rings. The van der Waals surface area contributed by atoms with E-state index in [9.17, 15) is 10.0 Å². The topological polar surface area (TPSA) is 78.9 Å². The Bertz CT molecular complexity index is 702. The summed E-state index contributed by atoms with van der Waals surface area (Å²) < 4.78 is 0. The summed E-state index contributed by atoms with van der Waals surface area (Å²) in [5.41, 5.74) is 7.56. The van der Waals surface area contributed by atoms with Gasteiger partial charge in [-0.1, -0.05) is 47.1 Å². The summed E-state index contributed by atoms with van der Waals surface area (Å²) in [6.45, 7) is -0.116. The number of rotatable bonds is 4. The van der Waals surface area contributed by atoms with Gasteiger partial charge in [0.05, 0.1) is 12.2 Å². The molecule has 2 rings (SSSR count). The first-order valence-electron chi connectivity index (χ1n) is 6.62. The number of anilines is 1. The molecule has 5 nitrogen and oxygen atoms in total. The van der Waals surface area contributed by atoms with Gasteiger partial charge in [-0.15, -0.1) is 0 Å². The number of nitrogens with two attached hydrogens (primary N) is 1. The number of carbonyl (C=O) groups is 1. The molecule has 0 fully saturated rings. The number of benzene rings is 2. The summed E-state index contributed by atoms with van der Waals surface area (Å²) in [5, 5.41) is 13.3. The minimum atomic E-state index is -0.256. The molecule has 0 aromatic heterocycles. The number of hydrogen-bond acceptors (Lipinski definition) is 4. The Morgan fingerprint density at radius 3 is 2.55 bits per heavy atom. The van der Waals surface area contributed by atoms with Gasteiger partial charge >= 0.3 is 0 Å². The Morgan fingerprint density at radius 1 is 1.27 bits per heavy atom. The molecule has 0 bridgehead atoms. The number of amides is 1. The maximum absolute atomic E-state index is 11.9. The van der Waals surface area contributed by atoms with E-state index in [1.165, 1.54) is 4.90 Å². The van der Waals surface area contributed by atoms with Crippen LogP contribution in [0.3, 0.4) is 0 Å². The smallest absolute Gasteiger partial charge is 0.240 e. The van der Waals surface area contributed by atoms with Crippen molar-refractivity contribution in [1.29, 1.82) is 0 Å². The highest BCUT2D eigenvalue weighted by Crippen LogP contribution is 2.26. The van der Waals surface area contributed by atoms with E-state index in [1.807, 2.05) is 30.3 Å². The normalized spacial score (nSPS) is 11.3. The van der Waals surface area contributed by atoms with Crippen LogP contribution in [0, 0.1) is 0 Å². The van der Waals surface area contributed by atoms with Gasteiger partial charge in [-0.25, -0.2) is 0 Å². The molecule has 0 atom stereocenters. The summed E-state index contributed by atoms with van der Waals surface area (Å²) in [7, 11) is 1.61. The summed E-state index contributed by atoms with van der Waals surface area (Å²) in [6.07, 6.45) is 0. The average molecular weight is 318 g/mol. The molecule has 0 unspecified atom stereocenters. The van der Waals surface area contributed by atoms with Gasteiger partial charge in [-0.05, 0) is 18.2 Å². The molecular formula is C16H16ClN3O2. The van der Waals surface area contributed by atoms with Crippen LogP contribution in [0.25, 0.3) is 0 Å². The molecular weight excluding hydrogens is 302 g/mol. The van der Waals surface area contributed by atoms with E-state index in [0.717, 1.165) is 0 Å². The molecule has 114 valence electrons. The molecule has 0 heterocycles. The Kier molecular flexibility index (Phi) is 5.14. The molecule has 0 saturated heterocycles. The van der Waals surface area contributed by atoms with Crippen molar-refractivity contribution in [3.8, 4) is 0 Å². The highest BCUT2D eigenvalue weighted by Gasteiger charge is 2.18. The number of hydrogen-bond donors (Lipinski definition) is 2. The van der Waals surface area contributed by atoms with Gasteiger partial charge in [0.15, 0.2) is 0 Å². The van der Waals surface area contributed by atoms with Crippen molar-refractivity contribution in [1.82, 2.24) is 0 Å². The van der Waals surface area contributed by atoms with Gasteiger partial charge in [0.25, 0.3) is 0 Å². The van der Waals surface area contributed by atoms with Gasteiger partial charge in [-0.3, -0.25) is 4.79 Å². The molecule has 1 amide bonds. The van der Waals surface area contributed by atoms with Crippen molar-refractivity contribution < 1.29 is 10.0 Å². The number of likely N-dealkylation sites (N-methyl/N-ethyl adjacent to an activating group) is 1. The Hall–Kier alpha value is -2.37. The van der Waals surface area contributed by atoms with E-state index < -0.39 is 0 Å². The van der Waals surface area contributed by atoms with Crippen molar-refractivity contribution in [2.75, 3.05) is 18.5 Å². The summed E-state index contributed by atoms with van der Waals surface area (Å²) in [4.78, 5) is 13.3. The minimum Gasteiger partial charge on any atom is -0.410 e. The zero-order valence-electron chi connectivity index (χ0n) is 12.0. The Labute approximate surface area is 133 Å². The molecule has 0 aliphatic rings. The van der Waals surface area contributed by atoms with Crippen LogP contribution in [0.4, 0.5) is 5.69 Å². The second-order valence-corrected chi connectivity index (χ2v) is 5.07. The SMILES string of the molecule is CN(C(=O)CN)c1ccc(Cl)cc1C(=NO)c1ccccc1. The first-order valence-corrected chi connectivity index (χ1v) is 7.00. The van der Waals surface area contributed by atoms with Crippen LogP contribution in [-0.2, 0) is 4.79 Å². The van der Waals surface area contributed by atoms with E-state index in [-0.39, 0.29) is 12.5 Å². The molecule has 2 aromatic carbocycles. The quantitative estimate of drug-likeness (QED) is 0.516. The van der Waals surface area contributed by atoms with Crippen LogP contribution in [0.2, 0.25) is 5.02 Å². The zero-order valence-corrected chi connectivity index (χ0v) is 12.8. The van der Waals surface area contributed by atoms with Crippen LogP contribution in [0.1, 0.15) is 11.1 Å². The van der Waals surface area contributed by atoms with Gasteiger partial charge in [0.1, 0.15) is 5.71 Å². The second-order valence-electron chi connectivity index (χ2n) is 4.63. The van der Waals surface area contributed by atoms with Crippen LogP contribution < -0.4 is 10.6 Å². The maximum Gasteiger partial charge on any atom is 0.240 e. The monoisotopic (exact) mass is 317 g/mol. The largest absolute Gasteiger partial charge is 0.410 e. The molecule has 0 radical (unpaired) electrons. The maximum atomic E-state index is 11.9. The fraction of sp³-hybridized carbons (Fsp3) is 0.125. The fourth-order valence-corrected chi connectivity index (χ4v) is 2.30. The summed E-state index contributed by atoms with van der Waals surface area (Å²) in [6, 6.07) is 14.2. The third-order valence-electron chi connectivity index (χ3n) is 3.27. The van der Waals surface area contributed by atoms with Crippen molar-refractivity contribution in [2.45, 2.75) is 0 Å². The van der Waals surface area contributed by atoms with Crippen LogP contribution in [0.15, 0.2) is 53.7 Å². The van der Waals surface area contributed by atoms with Crippen LogP contribution in [0.5, 0.6) is 0 Å². The first kappa shape index (κ1) is 16.0. The summed E-state index contributed by atoms with van der Waals surface area (Å²) >= 11 is 6.06. The molecule has 0 aliphatic heterocycles. The van der Waals surface area contributed by atoms with Gasteiger partial charge in [-0.2, -0.15) is 0 Å². The average Bonchev–Trinajstić information content (AvgIpc) is 2.55. The van der Waals surface area contributed by atoms with E-state index in [4.69, 9.17) is 17.3 Å². The predicted molar refractivity (Wildman–Crippen MR) is 87.8 cm³/mol. The number of halogens is 1. The van der Waals surface area contributed by atoms with E-state index in [2.05, 4.69) is 5.16 Å². The van der Waals surface area contributed by atoms with Gasteiger partial charge < -0.3 is 15.8 Å². The lowest BCUT2D eigenvalue weighted by Crippen LogP contribution is -2.33. The van der Waals surface area contributed by atoms with Gasteiger partial charge in [0, 0.05) is 23.2 Å². The Balaban J connectivity index is 2.58. The molecule has 0 saturated carbocycles. The molecule has 6 heteroatoms. The number of nitrogens with zero attached hydrogens (tertiary/aromatic N) is 2. The lowest BCUT2D eigenvalue weighted by atomic mass is 10.00. The minimum absolute atomic E-state index is 0.116. The van der Waals surface area contributed by atoms with Crippen molar-refractivity contribution in [3.05, 3.63) is 64.7 Å². The number of oxime groups is 1. The third kappa shape index (κ3) is 3.27. The van der Waals surface area contributed by atoms with E-state index in [1.54, 1.807) is 25.2 Å². The lowest BCUT2D eigenvalue weighted by molar-refractivity contribution is -0.117. The fourth-order valence-electron chi connectivity index (χ4n) is 2.12. The zero-order chi connectivity index (χ0) is 16.1. The van der Waals surface area contributed by atoms with Crippen LogP contribution in [-0.4, -0.2) is 30.4 Å².